The fourth-order valence-electron chi connectivity index (χ4n) is 1.20. The lowest BCUT2D eigenvalue weighted by atomic mass is 10.3. The number of hydrogen-bond donors (Lipinski definition) is 2. The quantitative estimate of drug-likeness (QED) is 0.771. The number of rotatable bonds is 2. The van der Waals surface area contributed by atoms with Crippen molar-refractivity contribution < 1.29 is 13.5 Å². The summed E-state index contributed by atoms with van der Waals surface area (Å²) < 4.78 is 31.3. The van der Waals surface area contributed by atoms with Crippen molar-refractivity contribution in [1.82, 2.24) is 10.2 Å². The standard InChI is InChI=1S/C10H9F2N3O/c1-5-4-8(15-14-5)16-10-7(13)3-2-6(11)9(10)12/h2-4H,13H2,1H3,(H,14,15). The first-order chi connectivity index (χ1) is 7.58. The lowest BCUT2D eigenvalue weighted by Crippen LogP contribution is -1.97. The lowest BCUT2D eigenvalue weighted by Gasteiger charge is -2.06. The van der Waals surface area contributed by atoms with Gasteiger partial charge < -0.3 is 10.5 Å². The van der Waals surface area contributed by atoms with Crippen LogP contribution in [0.2, 0.25) is 0 Å². The van der Waals surface area contributed by atoms with Gasteiger partial charge in [-0.2, -0.15) is 4.39 Å². The summed E-state index contributed by atoms with van der Waals surface area (Å²) >= 11 is 0. The molecular formula is C10H9F2N3O. The maximum atomic E-state index is 13.3. The molecule has 2 rings (SSSR count). The van der Waals surface area contributed by atoms with Gasteiger partial charge in [0.05, 0.1) is 5.69 Å². The number of aromatic nitrogens is 2. The SMILES string of the molecule is Cc1cc(Oc2c(N)ccc(F)c2F)n[nH]1. The van der Waals surface area contributed by atoms with E-state index < -0.39 is 11.6 Å². The molecule has 2 aromatic rings. The number of nitrogens with zero attached hydrogens (tertiary/aromatic N) is 1. The Morgan fingerprint density at radius 1 is 1.38 bits per heavy atom. The molecule has 0 bridgehead atoms. The average molecular weight is 225 g/mol. The molecule has 0 saturated heterocycles. The van der Waals surface area contributed by atoms with E-state index in [1.165, 1.54) is 6.07 Å². The molecule has 3 N–H and O–H groups in total. The van der Waals surface area contributed by atoms with E-state index in [0.29, 0.717) is 0 Å². The van der Waals surface area contributed by atoms with Gasteiger partial charge in [-0.05, 0) is 19.1 Å². The van der Waals surface area contributed by atoms with Crippen LogP contribution in [0.5, 0.6) is 11.6 Å². The molecule has 0 radical (unpaired) electrons. The maximum absolute atomic E-state index is 13.3. The van der Waals surface area contributed by atoms with Crippen LogP contribution in [0.25, 0.3) is 0 Å². The molecule has 0 aliphatic carbocycles. The summed E-state index contributed by atoms with van der Waals surface area (Å²) in [6.45, 7) is 1.76. The van der Waals surface area contributed by atoms with Crippen LogP contribution in [0.1, 0.15) is 5.69 Å². The summed E-state index contributed by atoms with van der Waals surface area (Å²) in [6, 6.07) is 3.71. The normalized spacial score (nSPS) is 10.4. The molecule has 0 aliphatic rings. The molecule has 16 heavy (non-hydrogen) atoms. The summed E-state index contributed by atoms with van der Waals surface area (Å²) in [5.41, 5.74) is 6.23. The zero-order valence-electron chi connectivity index (χ0n) is 8.42. The van der Waals surface area contributed by atoms with Crippen molar-refractivity contribution in [1.29, 1.82) is 0 Å². The molecule has 0 spiro atoms. The molecule has 0 atom stereocenters. The number of H-pyrrole nitrogens is 1. The summed E-state index contributed by atoms with van der Waals surface area (Å²) in [5.74, 6) is -2.36. The largest absolute Gasteiger partial charge is 0.432 e. The highest BCUT2D eigenvalue weighted by Crippen LogP contribution is 2.30. The molecule has 1 aromatic carbocycles. The highest BCUT2D eigenvalue weighted by Gasteiger charge is 2.15. The molecule has 1 heterocycles. The number of benzene rings is 1. The molecule has 0 saturated carbocycles. The van der Waals surface area contributed by atoms with Gasteiger partial charge in [0.25, 0.3) is 0 Å². The summed E-state index contributed by atoms with van der Waals surface area (Å²) in [6.07, 6.45) is 0. The predicted molar refractivity (Wildman–Crippen MR) is 54.2 cm³/mol. The summed E-state index contributed by atoms with van der Waals surface area (Å²) in [7, 11) is 0. The van der Waals surface area contributed by atoms with Crippen LogP contribution in [0, 0.1) is 18.6 Å². The Morgan fingerprint density at radius 3 is 2.75 bits per heavy atom. The molecule has 0 amide bonds. The number of anilines is 1. The highest BCUT2D eigenvalue weighted by atomic mass is 19.2. The van der Waals surface area contributed by atoms with E-state index >= 15 is 0 Å². The third-order valence-corrected chi connectivity index (χ3v) is 1.97. The number of halogens is 2. The van der Waals surface area contributed by atoms with Gasteiger partial charge in [0.1, 0.15) is 0 Å². The van der Waals surface area contributed by atoms with E-state index in [2.05, 4.69) is 10.2 Å². The van der Waals surface area contributed by atoms with Crippen molar-refractivity contribution in [2.24, 2.45) is 0 Å². The molecular weight excluding hydrogens is 216 g/mol. The minimum absolute atomic E-state index is 0.0135. The Kier molecular flexibility index (Phi) is 2.47. The fourth-order valence-corrected chi connectivity index (χ4v) is 1.20. The first-order valence-corrected chi connectivity index (χ1v) is 4.51. The Hall–Kier alpha value is -2.11. The Bertz CT molecular complexity index is 525. The van der Waals surface area contributed by atoms with Crippen LogP contribution < -0.4 is 10.5 Å². The summed E-state index contributed by atoms with van der Waals surface area (Å²) in [5, 5.41) is 6.34. The molecule has 4 nitrogen and oxygen atoms in total. The zero-order chi connectivity index (χ0) is 11.7. The molecule has 0 aliphatic heterocycles. The Balaban J connectivity index is 2.37. The third-order valence-electron chi connectivity index (χ3n) is 1.97. The molecule has 0 unspecified atom stereocenters. The number of ether oxygens (including phenoxy) is 1. The zero-order valence-corrected chi connectivity index (χ0v) is 8.42. The number of aromatic amines is 1. The summed E-state index contributed by atoms with van der Waals surface area (Å²) in [4.78, 5) is 0. The topological polar surface area (TPSA) is 63.9 Å². The lowest BCUT2D eigenvalue weighted by molar-refractivity contribution is 0.407. The van der Waals surface area contributed by atoms with Gasteiger partial charge in [0.2, 0.25) is 11.7 Å². The van der Waals surface area contributed by atoms with Gasteiger partial charge in [0.15, 0.2) is 11.6 Å². The van der Waals surface area contributed by atoms with Crippen LogP contribution in [0.4, 0.5) is 14.5 Å². The smallest absolute Gasteiger partial charge is 0.238 e. The van der Waals surface area contributed by atoms with Crippen molar-refractivity contribution in [3.8, 4) is 11.6 Å². The number of nitrogens with two attached hydrogens (primary N) is 1. The number of nitrogens with one attached hydrogen (secondary N) is 1. The van der Waals surface area contributed by atoms with Gasteiger partial charge >= 0.3 is 0 Å². The van der Waals surface area contributed by atoms with E-state index in [1.807, 2.05) is 0 Å². The second-order valence-corrected chi connectivity index (χ2v) is 3.27. The van der Waals surface area contributed by atoms with E-state index in [0.717, 1.165) is 11.8 Å². The molecule has 84 valence electrons. The van der Waals surface area contributed by atoms with Crippen molar-refractivity contribution in [2.75, 3.05) is 5.73 Å². The van der Waals surface area contributed by atoms with E-state index in [4.69, 9.17) is 10.5 Å². The number of aryl methyl sites for hydroxylation is 1. The van der Waals surface area contributed by atoms with Crippen molar-refractivity contribution in [3.63, 3.8) is 0 Å². The minimum atomic E-state index is -1.12. The van der Waals surface area contributed by atoms with E-state index in [1.54, 1.807) is 13.0 Å². The van der Waals surface area contributed by atoms with Crippen molar-refractivity contribution >= 4 is 5.69 Å². The minimum Gasteiger partial charge on any atom is -0.432 e. The van der Waals surface area contributed by atoms with Gasteiger partial charge in [-0.3, -0.25) is 5.10 Å². The Labute approximate surface area is 90.0 Å². The second-order valence-electron chi connectivity index (χ2n) is 3.27. The third kappa shape index (κ3) is 1.81. The second kappa shape index (κ2) is 3.80. The fraction of sp³-hybridized carbons (Fsp3) is 0.100. The van der Waals surface area contributed by atoms with Crippen LogP contribution in [0.15, 0.2) is 18.2 Å². The number of nitrogen functional groups attached to an aromatic ring is 1. The molecule has 0 fully saturated rings. The van der Waals surface area contributed by atoms with E-state index in [9.17, 15) is 8.78 Å². The molecule has 6 heteroatoms. The van der Waals surface area contributed by atoms with Crippen LogP contribution in [0.3, 0.4) is 0 Å². The average Bonchev–Trinajstić information content (AvgIpc) is 2.65. The first kappa shape index (κ1) is 10.4. The van der Waals surface area contributed by atoms with Gasteiger partial charge in [-0.25, -0.2) is 4.39 Å². The predicted octanol–water partition coefficient (Wildman–Crippen LogP) is 2.37. The van der Waals surface area contributed by atoms with Crippen molar-refractivity contribution in [2.45, 2.75) is 6.92 Å². The highest BCUT2D eigenvalue weighted by molar-refractivity contribution is 5.54. The monoisotopic (exact) mass is 225 g/mol. The molecule has 1 aromatic heterocycles. The van der Waals surface area contributed by atoms with Crippen LogP contribution >= 0.6 is 0 Å². The maximum Gasteiger partial charge on any atom is 0.238 e. The van der Waals surface area contributed by atoms with Gasteiger partial charge in [0, 0.05) is 11.8 Å². The van der Waals surface area contributed by atoms with Gasteiger partial charge in [-0.15, -0.1) is 5.10 Å². The van der Waals surface area contributed by atoms with Crippen molar-refractivity contribution in [3.05, 3.63) is 35.5 Å². The first-order valence-electron chi connectivity index (χ1n) is 4.51. The Morgan fingerprint density at radius 2 is 2.12 bits per heavy atom. The van der Waals surface area contributed by atoms with Crippen LogP contribution in [-0.4, -0.2) is 10.2 Å². The van der Waals surface area contributed by atoms with E-state index in [-0.39, 0.29) is 17.3 Å². The van der Waals surface area contributed by atoms with Gasteiger partial charge in [-0.1, -0.05) is 0 Å². The van der Waals surface area contributed by atoms with Crippen LogP contribution in [-0.2, 0) is 0 Å². The number of hydrogen-bond acceptors (Lipinski definition) is 3.